The molecule has 2 aromatic carbocycles. The Balaban J connectivity index is 2.00. The number of aromatic nitrogens is 3. The van der Waals surface area contributed by atoms with E-state index in [9.17, 15) is 4.79 Å². The molecule has 92 valence electrons. The van der Waals surface area contributed by atoms with Crippen molar-refractivity contribution in [2.24, 2.45) is 0 Å². The van der Waals surface area contributed by atoms with Crippen LogP contribution in [-0.2, 0) is 0 Å². The molecule has 0 saturated carbocycles. The lowest BCUT2D eigenvalue weighted by atomic mass is 10.0. The SMILES string of the molecule is O=Cc1ccc(-c2cccc(-c3ncn[nH]3)c2)cc1. The quantitative estimate of drug-likeness (QED) is 0.726. The van der Waals surface area contributed by atoms with Gasteiger partial charge in [0.2, 0.25) is 0 Å². The second-order valence-electron chi connectivity index (χ2n) is 4.15. The van der Waals surface area contributed by atoms with E-state index < -0.39 is 0 Å². The van der Waals surface area contributed by atoms with Crippen molar-refractivity contribution in [1.29, 1.82) is 0 Å². The highest BCUT2D eigenvalue weighted by molar-refractivity contribution is 5.77. The summed E-state index contributed by atoms with van der Waals surface area (Å²) in [5.41, 5.74) is 3.79. The zero-order chi connectivity index (χ0) is 13.1. The van der Waals surface area contributed by atoms with Crippen LogP contribution in [0.5, 0.6) is 0 Å². The number of hydrogen-bond acceptors (Lipinski definition) is 3. The van der Waals surface area contributed by atoms with Gasteiger partial charge in [0.15, 0.2) is 5.82 Å². The molecular weight excluding hydrogens is 238 g/mol. The molecule has 0 fully saturated rings. The number of H-pyrrole nitrogens is 1. The molecule has 0 unspecified atom stereocenters. The van der Waals surface area contributed by atoms with Gasteiger partial charge in [-0.25, -0.2) is 4.98 Å². The maximum Gasteiger partial charge on any atom is 0.155 e. The summed E-state index contributed by atoms with van der Waals surface area (Å²) >= 11 is 0. The second-order valence-corrected chi connectivity index (χ2v) is 4.15. The van der Waals surface area contributed by atoms with Gasteiger partial charge >= 0.3 is 0 Å². The highest BCUT2D eigenvalue weighted by Gasteiger charge is 2.03. The zero-order valence-electron chi connectivity index (χ0n) is 10.1. The predicted octanol–water partition coefficient (Wildman–Crippen LogP) is 2.95. The third-order valence-corrected chi connectivity index (χ3v) is 2.93. The van der Waals surface area contributed by atoms with Crippen LogP contribution in [0, 0.1) is 0 Å². The lowest BCUT2D eigenvalue weighted by Gasteiger charge is -2.04. The molecule has 19 heavy (non-hydrogen) atoms. The molecule has 0 spiro atoms. The highest BCUT2D eigenvalue weighted by atomic mass is 16.1. The van der Waals surface area contributed by atoms with E-state index >= 15 is 0 Å². The van der Waals surface area contributed by atoms with Crippen molar-refractivity contribution < 1.29 is 4.79 Å². The molecule has 4 nitrogen and oxygen atoms in total. The molecule has 0 amide bonds. The van der Waals surface area contributed by atoms with Gasteiger partial charge in [0, 0.05) is 11.1 Å². The van der Waals surface area contributed by atoms with Gasteiger partial charge in [0.05, 0.1) is 0 Å². The van der Waals surface area contributed by atoms with Gasteiger partial charge in [-0.05, 0) is 17.2 Å². The first-order valence-corrected chi connectivity index (χ1v) is 5.88. The van der Waals surface area contributed by atoms with Crippen LogP contribution in [0.25, 0.3) is 22.5 Å². The Bertz CT molecular complexity index is 688. The largest absolute Gasteiger partial charge is 0.298 e. The molecule has 1 aromatic heterocycles. The number of nitrogens with zero attached hydrogens (tertiary/aromatic N) is 2. The van der Waals surface area contributed by atoms with Crippen LogP contribution in [-0.4, -0.2) is 21.5 Å². The average molecular weight is 249 g/mol. The summed E-state index contributed by atoms with van der Waals surface area (Å²) in [5, 5.41) is 6.69. The maximum absolute atomic E-state index is 10.6. The molecule has 0 radical (unpaired) electrons. The van der Waals surface area contributed by atoms with E-state index in [2.05, 4.69) is 15.2 Å². The van der Waals surface area contributed by atoms with E-state index in [0.717, 1.165) is 28.8 Å². The Labute approximate surface area is 110 Å². The molecule has 0 atom stereocenters. The zero-order valence-corrected chi connectivity index (χ0v) is 10.1. The Kier molecular flexibility index (Phi) is 2.90. The van der Waals surface area contributed by atoms with Gasteiger partial charge in [-0.15, -0.1) is 0 Å². The van der Waals surface area contributed by atoms with Gasteiger partial charge in [0.1, 0.15) is 12.6 Å². The lowest BCUT2D eigenvalue weighted by Crippen LogP contribution is -1.84. The summed E-state index contributed by atoms with van der Waals surface area (Å²) in [6.07, 6.45) is 2.33. The lowest BCUT2D eigenvalue weighted by molar-refractivity contribution is 0.112. The number of carbonyl (C=O) groups is 1. The third kappa shape index (κ3) is 2.28. The summed E-state index contributed by atoms with van der Waals surface area (Å²) in [4.78, 5) is 14.8. The fourth-order valence-electron chi connectivity index (χ4n) is 1.94. The average Bonchev–Trinajstić information content (AvgIpc) is 3.02. The maximum atomic E-state index is 10.6. The van der Waals surface area contributed by atoms with Crippen LogP contribution >= 0.6 is 0 Å². The molecular formula is C15H11N3O. The molecule has 0 bridgehead atoms. The van der Waals surface area contributed by atoms with E-state index in [0.29, 0.717) is 5.56 Å². The fraction of sp³-hybridized carbons (Fsp3) is 0. The van der Waals surface area contributed by atoms with E-state index in [4.69, 9.17) is 0 Å². The van der Waals surface area contributed by atoms with Crippen molar-refractivity contribution >= 4 is 6.29 Å². The van der Waals surface area contributed by atoms with Gasteiger partial charge in [-0.3, -0.25) is 9.89 Å². The number of benzene rings is 2. The van der Waals surface area contributed by atoms with Crippen LogP contribution in [0.15, 0.2) is 54.9 Å². The molecule has 0 aliphatic carbocycles. The number of nitrogens with one attached hydrogen (secondary N) is 1. The topological polar surface area (TPSA) is 58.6 Å². The van der Waals surface area contributed by atoms with Gasteiger partial charge in [0.25, 0.3) is 0 Å². The minimum Gasteiger partial charge on any atom is -0.298 e. The van der Waals surface area contributed by atoms with Crippen molar-refractivity contribution in [2.75, 3.05) is 0 Å². The van der Waals surface area contributed by atoms with Crippen molar-refractivity contribution in [1.82, 2.24) is 15.2 Å². The van der Waals surface area contributed by atoms with E-state index in [1.54, 1.807) is 0 Å². The summed E-state index contributed by atoms with van der Waals surface area (Å²) < 4.78 is 0. The molecule has 4 heteroatoms. The first kappa shape index (κ1) is 11.3. The molecule has 3 rings (SSSR count). The Morgan fingerprint density at radius 2 is 1.74 bits per heavy atom. The van der Waals surface area contributed by atoms with Crippen LogP contribution in [0.1, 0.15) is 10.4 Å². The Morgan fingerprint density at radius 3 is 2.42 bits per heavy atom. The molecule has 0 saturated heterocycles. The minimum atomic E-state index is 0.676. The summed E-state index contributed by atoms with van der Waals surface area (Å²) in [6.45, 7) is 0. The standard InChI is InChI=1S/C15H11N3O/c19-9-11-4-6-12(7-5-11)13-2-1-3-14(8-13)15-16-10-17-18-15/h1-10H,(H,16,17,18). The van der Waals surface area contributed by atoms with Crippen molar-refractivity contribution in [3.8, 4) is 22.5 Å². The van der Waals surface area contributed by atoms with E-state index in [1.807, 2.05) is 48.5 Å². The van der Waals surface area contributed by atoms with Gasteiger partial charge in [-0.2, -0.15) is 5.10 Å². The van der Waals surface area contributed by atoms with Crippen LogP contribution in [0.4, 0.5) is 0 Å². The Hall–Kier alpha value is -2.75. The van der Waals surface area contributed by atoms with Gasteiger partial charge in [-0.1, -0.05) is 42.5 Å². The van der Waals surface area contributed by atoms with E-state index in [-0.39, 0.29) is 0 Å². The number of rotatable bonds is 3. The molecule has 3 aromatic rings. The number of hydrogen-bond donors (Lipinski definition) is 1. The summed E-state index contributed by atoms with van der Waals surface area (Å²) in [7, 11) is 0. The molecule has 0 aliphatic rings. The molecule has 1 heterocycles. The summed E-state index contributed by atoms with van der Waals surface area (Å²) in [5.74, 6) is 0.742. The van der Waals surface area contributed by atoms with Crippen molar-refractivity contribution in [2.45, 2.75) is 0 Å². The Morgan fingerprint density at radius 1 is 0.947 bits per heavy atom. The molecule has 0 aliphatic heterocycles. The number of carbonyl (C=O) groups excluding carboxylic acids is 1. The van der Waals surface area contributed by atoms with Crippen LogP contribution in [0.3, 0.4) is 0 Å². The monoisotopic (exact) mass is 249 g/mol. The number of aromatic amines is 1. The summed E-state index contributed by atoms with van der Waals surface area (Å²) in [6, 6.07) is 15.5. The number of aldehydes is 1. The van der Waals surface area contributed by atoms with Crippen LogP contribution < -0.4 is 0 Å². The van der Waals surface area contributed by atoms with Crippen LogP contribution in [0.2, 0.25) is 0 Å². The first-order valence-electron chi connectivity index (χ1n) is 5.88. The van der Waals surface area contributed by atoms with Crippen molar-refractivity contribution in [3.05, 3.63) is 60.4 Å². The third-order valence-electron chi connectivity index (χ3n) is 2.93. The molecule has 1 N–H and O–H groups in total. The smallest absolute Gasteiger partial charge is 0.155 e. The van der Waals surface area contributed by atoms with Crippen molar-refractivity contribution in [3.63, 3.8) is 0 Å². The highest BCUT2D eigenvalue weighted by Crippen LogP contribution is 2.24. The fourth-order valence-corrected chi connectivity index (χ4v) is 1.94. The minimum absolute atomic E-state index is 0.676. The second kappa shape index (κ2) is 4.86. The normalized spacial score (nSPS) is 10.3. The first-order chi connectivity index (χ1) is 9.36. The van der Waals surface area contributed by atoms with Gasteiger partial charge < -0.3 is 0 Å². The van der Waals surface area contributed by atoms with E-state index in [1.165, 1.54) is 6.33 Å². The predicted molar refractivity (Wildman–Crippen MR) is 72.6 cm³/mol.